The lowest BCUT2D eigenvalue weighted by molar-refractivity contribution is 0.306. The number of benzene rings is 2. The van der Waals surface area contributed by atoms with Gasteiger partial charge in [0.1, 0.15) is 18.2 Å². The van der Waals surface area contributed by atoms with Gasteiger partial charge >= 0.3 is 0 Å². The molecule has 2 heterocycles. The van der Waals surface area contributed by atoms with Gasteiger partial charge < -0.3 is 9.72 Å². The predicted molar refractivity (Wildman–Crippen MR) is 116 cm³/mol. The molecule has 1 N–H and O–H groups in total. The molecule has 2 aromatic carbocycles. The minimum Gasteiger partial charge on any atom is -0.489 e. The molecule has 0 unspecified atom stereocenters. The smallest absolute Gasteiger partial charge is 0.178 e. The maximum atomic E-state index is 5.88. The Bertz CT molecular complexity index is 1080. The summed E-state index contributed by atoms with van der Waals surface area (Å²) >= 11 is 0. The van der Waals surface area contributed by atoms with Gasteiger partial charge in [0.25, 0.3) is 0 Å². The molecule has 1 fully saturated rings. The Kier molecular flexibility index (Phi) is 4.99. The zero-order valence-corrected chi connectivity index (χ0v) is 16.5. The maximum absolute atomic E-state index is 5.88. The predicted octanol–water partition coefficient (Wildman–Crippen LogP) is 6.25. The number of aromatic nitrogens is 3. The van der Waals surface area contributed by atoms with Crippen molar-refractivity contribution in [3.8, 4) is 17.1 Å². The van der Waals surface area contributed by atoms with E-state index < -0.39 is 0 Å². The number of nitrogens with one attached hydrogen (secondary N) is 1. The molecule has 0 spiro atoms. The lowest BCUT2D eigenvalue weighted by Crippen LogP contribution is -2.04. The summed E-state index contributed by atoms with van der Waals surface area (Å²) < 4.78 is 5.88. The number of hydrogen-bond acceptors (Lipinski definition) is 3. The highest BCUT2D eigenvalue weighted by Gasteiger charge is 2.17. The van der Waals surface area contributed by atoms with Crippen LogP contribution >= 0.6 is 0 Å². The highest BCUT2D eigenvalue weighted by molar-refractivity contribution is 5.76. The van der Waals surface area contributed by atoms with Gasteiger partial charge in [-0.3, -0.25) is 0 Å². The van der Waals surface area contributed by atoms with Crippen LogP contribution in [0.15, 0.2) is 66.9 Å². The number of aromatic amines is 1. The second kappa shape index (κ2) is 8.08. The lowest BCUT2D eigenvalue weighted by Gasteiger charge is -2.21. The largest absolute Gasteiger partial charge is 0.489 e. The summed E-state index contributed by atoms with van der Waals surface area (Å²) in [5, 5.41) is 0. The van der Waals surface area contributed by atoms with Crippen LogP contribution in [0, 0.1) is 0 Å². The van der Waals surface area contributed by atoms with E-state index >= 15 is 0 Å². The molecule has 4 aromatic rings. The minimum absolute atomic E-state index is 0.568. The third-order valence-electron chi connectivity index (χ3n) is 5.81. The van der Waals surface area contributed by atoms with Gasteiger partial charge in [-0.25, -0.2) is 9.97 Å². The highest BCUT2D eigenvalue weighted by atomic mass is 16.5. The van der Waals surface area contributed by atoms with E-state index in [1.165, 1.54) is 37.7 Å². The van der Waals surface area contributed by atoms with Crippen molar-refractivity contribution in [3.63, 3.8) is 0 Å². The van der Waals surface area contributed by atoms with E-state index in [1.54, 1.807) is 0 Å². The van der Waals surface area contributed by atoms with E-state index in [0.29, 0.717) is 12.5 Å². The Labute approximate surface area is 171 Å². The number of hydrogen-bond donors (Lipinski definition) is 1. The summed E-state index contributed by atoms with van der Waals surface area (Å²) in [6, 6.07) is 20.5. The van der Waals surface area contributed by atoms with Gasteiger partial charge in [0, 0.05) is 11.8 Å². The maximum Gasteiger partial charge on any atom is 0.178 e. The van der Waals surface area contributed by atoms with Crippen LogP contribution < -0.4 is 4.74 Å². The Morgan fingerprint density at radius 2 is 1.72 bits per heavy atom. The molecule has 0 bridgehead atoms. The van der Waals surface area contributed by atoms with Crippen molar-refractivity contribution in [1.82, 2.24) is 15.0 Å². The van der Waals surface area contributed by atoms with Gasteiger partial charge in [-0.2, -0.15) is 0 Å². The number of pyridine rings is 1. The molecule has 0 amide bonds. The van der Waals surface area contributed by atoms with Crippen LogP contribution in [-0.2, 0) is 6.61 Å². The van der Waals surface area contributed by atoms with Crippen molar-refractivity contribution in [2.24, 2.45) is 0 Å². The summed E-state index contributed by atoms with van der Waals surface area (Å²) in [7, 11) is 0. The van der Waals surface area contributed by atoms with Crippen LogP contribution in [-0.4, -0.2) is 15.0 Å². The fourth-order valence-corrected chi connectivity index (χ4v) is 4.16. The van der Waals surface area contributed by atoms with Gasteiger partial charge in [-0.15, -0.1) is 0 Å². The van der Waals surface area contributed by atoms with Crippen LogP contribution in [0.5, 0.6) is 5.75 Å². The fourth-order valence-electron chi connectivity index (χ4n) is 4.16. The molecule has 0 radical (unpaired) electrons. The molecule has 1 saturated carbocycles. The normalized spacial score (nSPS) is 14.9. The average Bonchev–Trinajstić information content (AvgIpc) is 3.23. The zero-order valence-electron chi connectivity index (χ0n) is 16.5. The van der Waals surface area contributed by atoms with Crippen molar-refractivity contribution in [1.29, 1.82) is 0 Å². The molecular weight excluding hydrogens is 358 g/mol. The molecule has 4 nitrogen and oxygen atoms in total. The van der Waals surface area contributed by atoms with Gasteiger partial charge in [0.05, 0.1) is 5.52 Å². The van der Waals surface area contributed by atoms with Crippen molar-refractivity contribution in [3.05, 3.63) is 78.0 Å². The van der Waals surface area contributed by atoms with E-state index in [-0.39, 0.29) is 0 Å². The Balaban J connectivity index is 1.32. The molecule has 0 saturated heterocycles. The molecule has 29 heavy (non-hydrogen) atoms. The Morgan fingerprint density at radius 3 is 2.52 bits per heavy atom. The van der Waals surface area contributed by atoms with E-state index in [4.69, 9.17) is 4.74 Å². The average molecular weight is 383 g/mol. The number of rotatable bonds is 5. The first-order valence-corrected chi connectivity index (χ1v) is 10.5. The first kappa shape index (κ1) is 17.9. The van der Waals surface area contributed by atoms with E-state index in [1.807, 2.05) is 48.7 Å². The third-order valence-corrected chi connectivity index (χ3v) is 5.81. The quantitative estimate of drug-likeness (QED) is 0.443. The summed E-state index contributed by atoms with van der Waals surface area (Å²) in [6.45, 7) is 0.568. The summed E-state index contributed by atoms with van der Waals surface area (Å²) in [5.41, 5.74) is 5.34. The zero-order chi connectivity index (χ0) is 19.5. The fraction of sp³-hybridized carbons (Fsp3) is 0.280. The number of nitrogens with zero attached hydrogens (tertiary/aromatic N) is 2. The monoisotopic (exact) mass is 383 g/mol. The van der Waals surface area contributed by atoms with Crippen LogP contribution in [0.2, 0.25) is 0 Å². The molecule has 0 atom stereocenters. The van der Waals surface area contributed by atoms with E-state index in [0.717, 1.165) is 33.9 Å². The van der Waals surface area contributed by atoms with Gasteiger partial charge in [0.2, 0.25) is 0 Å². The number of ether oxygens (including phenoxy) is 1. The summed E-state index contributed by atoms with van der Waals surface area (Å²) in [6.07, 6.45) is 8.59. The van der Waals surface area contributed by atoms with Crippen molar-refractivity contribution in [2.75, 3.05) is 0 Å². The van der Waals surface area contributed by atoms with E-state index in [9.17, 15) is 0 Å². The van der Waals surface area contributed by atoms with Gasteiger partial charge in [-0.05, 0) is 60.2 Å². The minimum atomic E-state index is 0.568. The Hall–Kier alpha value is -3.14. The van der Waals surface area contributed by atoms with Crippen LogP contribution in [0.3, 0.4) is 0 Å². The van der Waals surface area contributed by atoms with Crippen LogP contribution in [0.4, 0.5) is 0 Å². The highest BCUT2D eigenvalue weighted by Crippen LogP contribution is 2.33. The number of H-pyrrole nitrogens is 1. The molecule has 4 heteroatoms. The second-order valence-corrected chi connectivity index (χ2v) is 7.86. The Morgan fingerprint density at radius 1 is 0.931 bits per heavy atom. The van der Waals surface area contributed by atoms with Crippen molar-refractivity contribution < 1.29 is 4.74 Å². The first-order chi connectivity index (χ1) is 14.3. The third kappa shape index (κ3) is 4.02. The van der Waals surface area contributed by atoms with E-state index in [2.05, 4.69) is 33.2 Å². The summed E-state index contributed by atoms with van der Waals surface area (Å²) in [4.78, 5) is 12.8. The van der Waals surface area contributed by atoms with Gasteiger partial charge in [-0.1, -0.05) is 49.6 Å². The SMILES string of the molecule is c1ccc(COc2ccc(-c3nc4ncc(C5CCCCC5)cc4[nH]3)cc2)cc1. The van der Waals surface area contributed by atoms with Gasteiger partial charge in [0.15, 0.2) is 5.65 Å². The molecule has 0 aliphatic heterocycles. The topological polar surface area (TPSA) is 50.8 Å². The molecule has 146 valence electrons. The first-order valence-electron chi connectivity index (χ1n) is 10.5. The molecule has 1 aliphatic carbocycles. The summed E-state index contributed by atoms with van der Waals surface area (Å²) in [5.74, 6) is 2.35. The molecule has 1 aliphatic rings. The van der Waals surface area contributed by atoms with Crippen LogP contribution in [0.1, 0.15) is 49.1 Å². The van der Waals surface area contributed by atoms with Crippen molar-refractivity contribution >= 4 is 11.2 Å². The lowest BCUT2D eigenvalue weighted by atomic mass is 9.85. The standard InChI is InChI=1S/C25H25N3O/c1-3-7-18(8-4-1)17-29-22-13-11-20(12-14-22)24-27-23-15-21(16-26-25(23)28-24)19-9-5-2-6-10-19/h1,3-4,7-8,11-16,19H,2,5-6,9-10,17H2,(H,26,27,28). The number of fused-ring (bicyclic) bond motifs is 1. The molecular formula is C25H25N3O. The number of imidazole rings is 1. The van der Waals surface area contributed by atoms with Crippen molar-refractivity contribution in [2.45, 2.75) is 44.6 Å². The second-order valence-electron chi connectivity index (χ2n) is 7.86. The van der Waals surface area contributed by atoms with Crippen LogP contribution in [0.25, 0.3) is 22.6 Å². The molecule has 5 rings (SSSR count). The molecule has 2 aromatic heterocycles.